The van der Waals surface area contributed by atoms with E-state index in [-0.39, 0.29) is 31.1 Å². The summed E-state index contributed by atoms with van der Waals surface area (Å²) in [4.78, 5) is 24.5. The Morgan fingerprint density at radius 2 is 1.76 bits per heavy atom. The minimum absolute atomic E-state index is 0.0988. The molecule has 3 rings (SSSR count). The van der Waals surface area contributed by atoms with Crippen LogP contribution in [0.25, 0.3) is 0 Å². The summed E-state index contributed by atoms with van der Waals surface area (Å²) in [5.41, 5.74) is 1.58. The summed E-state index contributed by atoms with van der Waals surface area (Å²) in [6.45, 7) is 2.15. The third-order valence-electron chi connectivity index (χ3n) is 5.43. The molecule has 1 unspecified atom stereocenters. The Morgan fingerprint density at radius 1 is 1.06 bits per heavy atom. The van der Waals surface area contributed by atoms with E-state index >= 15 is 0 Å². The number of rotatable bonds is 9. The molecule has 1 saturated heterocycles. The van der Waals surface area contributed by atoms with Gasteiger partial charge in [0.2, 0.25) is 10.0 Å². The lowest BCUT2D eigenvalue weighted by Gasteiger charge is -2.23. The highest BCUT2D eigenvalue weighted by Gasteiger charge is 2.37. The molecule has 0 radical (unpaired) electrons. The third-order valence-corrected chi connectivity index (χ3v) is 7.32. The van der Waals surface area contributed by atoms with Gasteiger partial charge in [-0.1, -0.05) is 18.2 Å². The zero-order valence-electron chi connectivity index (χ0n) is 19.4. The second-order valence-electron chi connectivity index (χ2n) is 7.60. The van der Waals surface area contributed by atoms with Crippen LogP contribution in [0, 0.1) is 6.92 Å². The van der Waals surface area contributed by atoms with Gasteiger partial charge in [-0.3, -0.25) is 9.59 Å². The van der Waals surface area contributed by atoms with Gasteiger partial charge in [0.05, 0.1) is 32.3 Å². The average molecular weight is 492 g/mol. The monoisotopic (exact) mass is 491 g/mol. The number of hydrogen-bond acceptors (Lipinski definition) is 7. The largest absolute Gasteiger partial charge is 0.496 e. The summed E-state index contributed by atoms with van der Waals surface area (Å²) >= 11 is 0. The van der Waals surface area contributed by atoms with E-state index in [9.17, 15) is 18.0 Å². The maximum absolute atomic E-state index is 13.1. The van der Waals surface area contributed by atoms with Crippen molar-refractivity contribution in [1.29, 1.82) is 0 Å². The first-order chi connectivity index (χ1) is 16.3. The van der Waals surface area contributed by atoms with Gasteiger partial charge < -0.3 is 24.8 Å². The first-order valence-corrected chi connectivity index (χ1v) is 12.2. The topological polar surface area (TPSA) is 123 Å². The van der Waals surface area contributed by atoms with E-state index < -0.39 is 28.1 Å². The number of carbonyl (C=O) groups is 2. The predicted molar refractivity (Wildman–Crippen MR) is 124 cm³/mol. The minimum atomic E-state index is -3.87. The van der Waals surface area contributed by atoms with Gasteiger partial charge in [-0.25, -0.2) is 8.42 Å². The molecular formula is C23H29N3O7S. The van der Waals surface area contributed by atoms with Gasteiger partial charge in [0, 0.05) is 13.1 Å². The van der Waals surface area contributed by atoms with Crippen molar-refractivity contribution in [3.63, 3.8) is 0 Å². The molecule has 0 bridgehead atoms. The highest BCUT2D eigenvalue weighted by atomic mass is 32.2. The van der Waals surface area contributed by atoms with Crippen LogP contribution in [0.15, 0.2) is 47.4 Å². The molecule has 11 heteroatoms. The van der Waals surface area contributed by atoms with Crippen LogP contribution in [-0.4, -0.2) is 71.2 Å². The van der Waals surface area contributed by atoms with E-state index in [0.717, 1.165) is 5.56 Å². The number of aryl methyl sites for hydroxylation is 1. The van der Waals surface area contributed by atoms with Gasteiger partial charge in [0.15, 0.2) is 0 Å². The molecule has 34 heavy (non-hydrogen) atoms. The molecule has 184 valence electrons. The van der Waals surface area contributed by atoms with Gasteiger partial charge >= 0.3 is 11.8 Å². The number of ether oxygens (including phenoxy) is 3. The molecular weight excluding hydrogens is 462 g/mol. The molecule has 2 amide bonds. The van der Waals surface area contributed by atoms with Crippen molar-refractivity contribution in [1.82, 2.24) is 14.9 Å². The Morgan fingerprint density at radius 3 is 2.47 bits per heavy atom. The van der Waals surface area contributed by atoms with Crippen LogP contribution in [0.3, 0.4) is 0 Å². The first-order valence-electron chi connectivity index (χ1n) is 10.7. The number of methoxy groups -OCH3 is 2. The number of nitrogens with zero attached hydrogens (tertiary/aromatic N) is 1. The maximum Gasteiger partial charge on any atom is 0.309 e. The van der Waals surface area contributed by atoms with Crippen molar-refractivity contribution in [2.45, 2.75) is 24.5 Å². The van der Waals surface area contributed by atoms with Crippen molar-refractivity contribution in [3.05, 3.63) is 53.6 Å². The number of hydrogen-bond donors (Lipinski definition) is 2. The van der Waals surface area contributed by atoms with Gasteiger partial charge in [-0.15, -0.1) is 0 Å². The van der Waals surface area contributed by atoms with Crippen molar-refractivity contribution in [3.8, 4) is 11.5 Å². The van der Waals surface area contributed by atoms with Gasteiger partial charge in [0.25, 0.3) is 0 Å². The van der Waals surface area contributed by atoms with Crippen LogP contribution in [0.4, 0.5) is 0 Å². The number of para-hydroxylation sites is 1. The molecule has 0 aromatic heterocycles. The molecule has 2 aromatic carbocycles. The lowest BCUT2D eigenvalue weighted by molar-refractivity contribution is -0.139. The van der Waals surface area contributed by atoms with E-state index in [2.05, 4.69) is 10.6 Å². The first kappa shape index (κ1) is 25.5. The summed E-state index contributed by atoms with van der Waals surface area (Å²) in [7, 11) is -0.789. The Bertz CT molecular complexity index is 1140. The van der Waals surface area contributed by atoms with E-state index in [1.807, 2.05) is 24.3 Å². The fraction of sp³-hybridized carbons (Fsp3) is 0.391. The number of carbonyl (C=O) groups excluding carboxylic acids is 2. The van der Waals surface area contributed by atoms with Crippen molar-refractivity contribution in [2.75, 3.05) is 40.5 Å². The summed E-state index contributed by atoms with van der Waals surface area (Å²) < 4.78 is 43.3. The fourth-order valence-electron chi connectivity index (χ4n) is 3.65. The van der Waals surface area contributed by atoms with Crippen LogP contribution >= 0.6 is 0 Å². The van der Waals surface area contributed by atoms with E-state index in [4.69, 9.17) is 14.2 Å². The Hall–Kier alpha value is -3.15. The SMILES string of the molecule is COc1ccc(S(=O)(=O)N2CCOC2CNC(=O)C(=O)NCCc2ccccc2OC)cc1C. The Balaban J connectivity index is 1.54. The zero-order valence-corrected chi connectivity index (χ0v) is 20.2. The zero-order chi connectivity index (χ0) is 24.7. The normalized spacial score (nSPS) is 16.1. The van der Waals surface area contributed by atoms with Crippen LogP contribution in [0.2, 0.25) is 0 Å². The lowest BCUT2D eigenvalue weighted by Crippen LogP contribution is -2.47. The molecule has 0 saturated carbocycles. The second-order valence-corrected chi connectivity index (χ2v) is 9.49. The molecule has 0 spiro atoms. The predicted octanol–water partition coefficient (Wildman–Crippen LogP) is 0.834. The van der Waals surface area contributed by atoms with Gasteiger partial charge in [0.1, 0.15) is 17.7 Å². The van der Waals surface area contributed by atoms with E-state index in [1.165, 1.54) is 23.5 Å². The molecule has 1 fully saturated rings. The van der Waals surface area contributed by atoms with Crippen molar-refractivity contribution in [2.24, 2.45) is 0 Å². The average Bonchev–Trinajstić information content (AvgIpc) is 3.32. The molecule has 1 aliphatic rings. The molecule has 2 N–H and O–H groups in total. The minimum Gasteiger partial charge on any atom is -0.496 e. The molecule has 2 aromatic rings. The quantitative estimate of drug-likeness (QED) is 0.498. The summed E-state index contributed by atoms with van der Waals surface area (Å²) in [6, 6.07) is 12.0. The molecule has 1 aliphatic heterocycles. The standard InChI is InChI=1S/C23H29N3O7S/c1-16-14-18(8-9-19(16)31-2)34(29,30)26-12-13-33-21(26)15-25-23(28)22(27)24-11-10-17-6-4-5-7-20(17)32-3/h4-9,14,21H,10-13,15H2,1-3H3,(H,24,27)(H,25,28). The fourth-order valence-corrected chi connectivity index (χ4v) is 5.25. The smallest absolute Gasteiger partial charge is 0.309 e. The molecule has 1 atom stereocenters. The summed E-state index contributed by atoms with van der Waals surface area (Å²) in [5.74, 6) is -0.397. The Kier molecular flexibility index (Phi) is 8.48. The number of sulfonamides is 1. The van der Waals surface area contributed by atoms with Crippen molar-refractivity contribution >= 4 is 21.8 Å². The van der Waals surface area contributed by atoms with Gasteiger partial charge in [-0.05, 0) is 48.7 Å². The van der Waals surface area contributed by atoms with Crippen molar-refractivity contribution < 1.29 is 32.2 Å². The Labute approximate surface area is 199 Å². The molecule has 10 nitrogen and oxygen atoms in total. The lowest BCUT2D eigenvalue weighted by atomic mass is 10.1. The van der Waals surface area contributed by atoms with Crippen LogP contribution < -0.4 is 20.1 Å². The van der Waals surface area contributed by atoms with E-state index in [0.29, 0.717) is 23.5 Å². The summed E-state index contributed by atoms with van der Waals surface area (Å²) in [5, 5.41) is 5.00. The number of amides is 2. The highest BCUT2D eigenvalue weighted by Crippen LogP contribution is 2.26. The highest BCUT2D eigenvalue weighted by molar-refractivity contribution is 7.89. The summed E-state index contributed by atoms with van der Waals surface area (Å²) in [6.07, 6.45) is -0.431. The van der Waals surface area contributed by atoms with Crippen LogP contribution in [0.5, 0.6) is 11.5 Å². The maximum atomic E-state index is 13.1. The van der Waals surface area contributed by atoms with Gasteiger partial charge in [-0.2, -0.15) is 4.31 Å². The number of benzene rings is 2. The third kappa shape index (κ3) is 5.85. The number of nitrogens with one attached hydrogen (secondary N) is 2. The second kappa shape index (κ2) is 11.3. The van der Waals surface area contributed by atoms with Crippen LogP contribution in [0.1, 0.15) is 11.1 Å². The van der Waals surface area contributed by atoms with E-state index in [1.54, 1.807) is 20.1 Å². The van der Waals surface area contributed by atoms with Crippen LogP contribution in [-0.2, 0) is 30.8 Å². The molecule has 0 aliphatic carbocycles. The molecule has 1 heterocycles.